The van der Waals surface area contributed by atoms with Crippen LogP contribution in [0.1, 0.15) is 26.9 Å². The van der Waals surface area contributed by atoms with E-state index in [4.69, 9.17) is 0 Å². The van der Waals surface area contributed by atoms with Gasteiger partial charge in [0, 0.05) is 40.5 Å². The molecule has 2 N–H and O–H groups in total. The lowest BCUT2D eigenvalue weighted by Crippen LogP contribution is -2.19. The molecule has 0 amide bonds. The summed E-state index contributed by atoms with van der Waals surface area (Å²) in [4.78, 5) is 16.8. The predicted molar refractivity (Wildman–Crippen MR) is 132 cm³/mol. The molecule has 1 aliphatic heterocycles. The molecule has 0 bridgehead atoms. The minimum Gasteiger partial charge on any atom is -0.379 e. The fraction of sp³-hybridized carbons (Fsp3) is 0.0909. The molecule has 1 aromatic heterocycles. The van der Waals surface area contributed by atoms with E-state index in [2.05, 4.69) is 27.1 Å². The maximum absolute atomic E-state index is 12.6. The van der Waals surface area contributed by atoms with E-state index in [0.29, 0.717) is 17.7 Å². The highest BCUT2D eigenvalue weighted by atomic mass is 35.5. The summed E-state index contributed by atoms with van der Waals surface area (Å²) < 4.78 is 0. The second kappa shape index (κ2) is 12.5. The summed E-state index contributed by atoms with van der Waals surface area (Å²) in [7, 11) is 0. The SMILES string of the molecule is Cl.Cl.Cl.O=C(c1ccccc1)c1cccc(NCC2=CSC(c3cccnc3)N2)c1. The number of nitrogens with zero attached hydrogens (tertiary/aromatic N) is 1. The first kappa shape index (κ1) is 25.9. The standard InChI is InChI=1S/C22H19N3OS.3ClH/c26-21(16-6-2-1-3-7-16)17-8-4-10-19(12-17)24-14-20-15-27-22(25-20)18-9-5-11-23-13-18;;;/h1-13,15,22,24-25H,14H2;3*1H. The molecule has 30 heavy (non-hydrogen) atoms. The highest BCUT2D eigenvalue weighted by Gasteiger charge is 2.18. The summed E-state index contributed by atoms with van der Waals surface area (Å²) in [6.45, 7) is 0.673. The average molecular weight is 483 g/mol. The second-order valence-corrected chi connectivity index (χ2v) is 7.20. The Balaban J connectivity index is 0.00000150. The molecule has 8 heteroatoms. The molecule has 0 saturated carbocycles. The number of pyridine rings is 1. The first-order chi connectivity index (χ1) is 13.3. The van der Waals surface area contributed by atoms with Crippen LogP contribution in [-0.2, 0) is 0 Å². The largest absolute Gasteiger partial charge is 0.379 e. The molecule has 0 saturated heterocycles. The minimum absolute atomic E-state index is 0. The Bertz CT molecular complexity index is 972. The van der Waals surface area contributed by atoms with Gasteiger partial charge in [-0.1, -0.05) is 48.5 Å². The highest BCUT2D eigenvalue weighted by molar-refractivity contribution is 8.02. The molecule has 0 aliphatic carbocycles. The van der Waals surface area contributed by atoms with Crippen LogP contribution in [0.15, 0.2) is 90.2 Å². The van der Waals surface area contributed by atoms with Crippen molar-refractivity contribution >= 4 is 60.5 Å². The quantitative estimate of drug-likeness (QED) is 0.431. The van der Waals surface area contributed by atoms with Crippen molar-refractivity contribution in [2.75, 3.05) is 11.9 Å². The van der Waals surface area contributed by atoms with Gasteiger partial charge in [0.25, 0.3) is 0 Å². The van der Waals surface area contributed by atoms with Crippen molar-refractivity contribution in [1.29, 1.82) is 0 Å². The number of carbonyl (C=O) groups excluding carboxylic acids is 1. The van der Waals surface area contributed by atoms with E-state index in [0.717, 1.165) is 16.9 Å². The molecule has 4 nitrogen and oxygen atoms in total. The topological polar surface area (TPSA) is 54.0 Å². The molecule has 158 valence electrons. The Morgan fingerprint density at radius 3 is 2.47 bits per heavy atom. The highest BCUT2D eigenvalue weighted by Crippen LogP contribution is 2.33. The van der Waals surface area contributed by atoms with E-state index >= 15 is 0 Å². The molecule has 1 atom stereocenters. The van der Waals surface area contributed by atoms with Crippen LogP contribution in [0.4, 0.5) is 5.69 Å². The zero-order valence-corrected chi connectivity index (χ0v) is 19.1. The molecule has 2 heterocycles. The van der Waals surface area contributed by atoms with Crippen molar-refractivity contribution in [3.63, 3.8) is 0 Å². The Morgan fingerprint density at radius 2 is 1.73 bits per heavy atom. The normalized spacial score (nSPS) is 14.1. The van der Waals surface area contributed by atoms with Gasteiger partial charge in [0.2, 0.25) is 0 Å². The third kappa shape index (κ3) is 6.41. The van der Waals surface area contributed by atoms with E-state index < -0.39 is 0 Å². The van der Waals surface area contributed by atoms with Gasteiger partial charge in [-0.05, 0) is 23.6 Å². The minimum atomic E-state index is 0. The van der Waals surface area contributed by atoms with E-state index in [9.17, 15) is 4.79 Å². The van der Waals surface area contributed by atoms with Gasteiger partial charge < -0.3 is 10.6 Å². The van der Waals surface area contributed by atoms with E-state index in [1.54, 1.807) is 18.0 Å². The lowest BCUT2D eigenvalue weighted by molar-refractivity contribution is 0.103. The molecule has 3 aromatic rings. The maximum atomic E-state index is 12.6. The van der Waals surface area contributed by atoms with Crippen molar-refractivity contribution in [2.24, 2.45) is 0 Å². The van der Waals surface area contributed by atoms with Crippen molar-refractivity contribution < 1.29 is 4.79 Å². The number of benzene rings is 2. The Kier molecular flexibility index (Phi) is 10.8. The number of halogens is 3. The van der Waals surface area contributed by atoms with Crippen LogP contribution >= 0.6 is 49.0 Å². The number of anilines is 1. The third-order valence-corrected chi connectivity index (χ3v) is 5.38. The smallest absolute Gasteiger partial charge is 0.193 e. The molecule has 2 aromatic carbocycles. The number of hydrogen-bond acceptors (Lipinski definition) is 5. The molecule has 0 spiro atoms. The third-order valence-electron chi connectivity index (χ3n) is 4.29. The van der Waals surface area contributed by atoms with Gasteiger partial charge in [-0.3, -0.25) is 9.78 Å². The van der Waals surface area contributed by atoms with Crippen LogP contribution in [0.25, 0.3) is 0 Å². The number of rotatable bonds is 6. The van der Waals surface area contributed by atoms with E-state index in [1.165, 1.54) is 0 Å². The molecule has 0 fully saturated rings. The van der Waals surface area contributed by atoms with Gasteiger partial charge in [0.05, 0.1) is 6.54 Å². The Morgan fingerprint density at radius 1 is 0.967 bits per heavy atom. The first-order valence-corrected chi connectivity index (χ1v) is 9.68. The molecule has 1 unspecified atom stereocenters. The van der Waals surface area contributed by atoms with Crippen LogP contribution in [0, 0.1) is 0 Å². The summed E-state index contributed by atoms with van der Waals surface area (Å²) in [5.74, 6) is 0.0321. The first-order valence-electron chi connectivity index (χ1n) is 8.74. The molecule has 0 radical (unpaired) electrons. The van der Waals surface area contributed by atoms with E-state index in [1.807, 2.05) is 66.9 Å². The Hall–Kier alpha value is -2.18. The number of aromatic nitrogens is 1. The van der Waals surface area contributed by atoms with Gasteiger partial charge in [0.15, 0.2) is 5.78 Å². The van der Waals surface area contributed by atoms with Crippen molar-refractivity contribution in [2.45, 2.75) is 5.37 Å². The van der Waals surface area contributed by atoms with Crippen LogP contribution < -0.4 is 10.6 Å². The Labute approximate surface area is 199 Å². The lowest BCUT2D eigenvalue weighted by Gasteiger charge is -2.14. The molecular weight excluding hydrogens is 461 g/mol. The number of hydrogen-bond donors (Lipinski definition) is 2. The maximum Gasteiger partial charge on any atom is 0.193 e. The van der Waals surface area contributed by atoms with Crippen molar-refractivity contribution in [3.05, 3.63) is 107 Å². The average Bonchev–Trinajstić information content (AvgIpc) is 3.22. The molecule has 4 rings (SSSR count). The van der Waals surface area contributed by atoms with Crippen LogP contribution in [0.5, 0.6) is 0 Å². The lowest BCUT2D eigenvalue weighted by atomic mass is 10.0. The monoisotopic (exact) mass is 481 g/mol. The van der Waals surface area contributed by atoms with Gasteiger partial charge >= 0.3 is 0 Å². The number of thioether (sulfide) groups is 1. The fourth-order valence-corrected chi connectivity index (χ4v) is 3.86. The summed E-state index contributed by atoms with van der Waals surface area (Å²) in [5.41, 5.74) is 4.58. The second-order valence-electron chi connectivity index (χ2n) is 6.22. The van der Waals surface area contributed by atoms with Crippen LogP contribution in [-0.4, -0.2) is 17.3 Å². The van der Waals surface area contributed by atoms with Crippen molar-refractivity contribution in [3.8, 4) is 0 Å². The van der Waals surface area contributed by atoms with Gasteiger partial charge in [-0.25, -0.2) is 0 Å². The molecular formula is C22H22Cl3N3OS. The number of nitrogens with one attached hydrogen (secondary N) is 2. The summed E-state index contributed by atoms with van der Waals surface area (Å²) in [5, 5.41) is 9.21. The van der Waals surface area contributed by atoms with Gasteiger partial charge in [-0.2, -0.15) is 0 Å². The van der Waals surface area contributed by atoms with Crippen molar-refractivity contribution in [1.82, 2.24) is 10.3 Å². The fourth-order valence-electron chi connectivity index (χ4n) is 2.90. The predicted octanol–water partition coefficient (Wildman–Crippen LogP) is 5.87. The number of carbonyl (C=O) groups is 1. The van der Waals surface area contributed by atoms with Crippen LogP contribution in [0.2, 0.25) is 0 Å². The zero-order valence-electron chi connectivity index (χ0n) is 15.9. The zero-order chi connectivity index (χ0) is 18.5. The van der Waals surface area contributed by atoms with Gasteiger partial charge in [0.1, 0.15) is 5.37 Å². The number of ketones is 1. The summed E-state index contributed by atoms with van der Waals surface area (Å²) in [6, 6.07) is 21.0. The van der Waals surface area contributed by atoms with E-state index in [-0.39, 0.29) is 48.4 Å². The van der Waals surface area contributed by atoms with Crippen LogP contribution in [0.3, 0.4) is 0 Å². The van der Waals surface area contributed by atoms with Gasteiger partial charge in [-0.15, -0.1) is 49.0 Å². The summed E-state index contributed by atoms with van der Waals surface area (Å²) in [6.07, 6.45) is 3.66. The molecule has 1 aliphatic rings. The summed E-state index contributed by atoms with van der Waals surface area (Å²) >= 11 is 1.74.